The number of aliphatic hydroxyl groups is 1. The molecule has 6 aromatic rings. The van der Waals surface area contributed by atoms with Gasteiger partial charge in [0.15, 0.2) is 6.10 Å². The van der Waals surface area contributed by atoms with Gasteiger partial charge < -0.3 is 49.1 Å². The molecule has 0 spiro atoms. The molecule has 3 N–H and O–H groups in total. The highest BCUT2D eigenvalue weighted by Gasteiger charge is 2.44. The second-order valence-electron chi connectivity index (χ2n) is 17.2. The number of ether oxygens (including phenoxy) is 6. The molecule has 0 bridgehead atoms. The number of rotatable bonds is 18. The highest BCUT2D eigenvalue weighted by atomic mass is 35.5. The zero-order valence-corrected chi connectivity index (χ0v) is 42.5. The Bertz CT molecular complexity index is 2590. The number of likely N-dealkylation sites (N-methyl/N-ethyl adjacent to an activating group) is 1. The molecule has 2 aliphatic heterocycles. The van der Waals surface area contributed by atoms with Gasteiger partial charge in [-0.15, -0.1) is 0 Å². The van der Waals surface area contributed by atoms with E-state index in [-0.39, 0.29) is 24.8 Å². The third-order valence-electron chi connectivity index (χ3n) is 11.5. The monoisotopic (exact) mass is 1010 g/mol. The highest BCUT2D eigenvalue weighted by molar-refractivity contribution is 6.30. The smallest absolute Gasteiger partial charge is 0.415 e. The van der Waals surface area contributed by atoms with Gasteiger partial charge in [0, 0.05) is 34.5 Å². The summed E-state index contributed by atoms with van der Waals surface area (Å²) in [6.07, 6.45) is 1.00. The number of methoxy groups -OCH3 is 2. The predicted molar refractivity (Wildman–Crippen MR) is 280 cm³/mol. The number of hydrogen-bond acceptors (Lipinski definition) is 12. The van der Waals surface area contributed by atoms with E-state index in [4.69, 9.17) is 57.4 Å². The molecule has 4 atom stereocenters. The molecule has 0 radical (unpaired) electrons. The molecule has 16 heteroatoms. The lowest BCUT2D eigenvalue weighted by Crippen LogP contribution is -2.30. The Kier molecular flexibility index (Phi) is 20.2. The van der Waals surface area contributed by atoms with Gasteiger partial charge >= 0.3 is 12.2 Å². The van der Waals surface area contributed by atoms with Crippen LogP contribution in [0.15, 0.2) is 146 Å². The van der Waals surface area contributed by atoms with Gasteiger partial charge in [-0.3, -0.25) is 9.80 Å². The van der Waals surface area contributed by atoms with Crippen LogP contribution < -0.4 is 34.5 Å². The van der Waals surface area contributed by atoms with Crippen LogP contribution in [0.5, 0.6) is 34.5 Å². The summed E-state index contributed by atoms with van der Waals surface area (Å²) in [6.45, 7) is 2.46. The van der Waals surface area contributed by atoms with E-state index in [1.807, 2.05) is 99.0 Å². The van der Waals surface area contributed by atoms with Gasteiger partial charge in [0.05, 0.1) is 20.8 Å². The summed E-state index contributed by atoms with van der Waals surface area (Å²) in [5.41, 5.74) is 8.36. The van der Waals surface area contributed by atoms with Crippen molar-refractivity contribution in [3.05, 3.63) is 167 Å². The molecule has 14 nitrogen and oxygen atoms in total. The van der Waals surface area contributed by atoms with Crippen LogP contribution in [0.3, 0.4) is 0 Å². The van der Waals surface area contributed by atoms with Crippen molar-refractivity contribution in [2.24, 2.45) is 5.73 Å². The van der Waals surface area contributed by atoms with Crippen LogP contribution >= 0.6 is 23.2 Å². The number of unbranched alkanes of at least 4 members (excludes halogenated alkanes) is 1. The Labute approximate surface area is 426 Å². The Morgan fingerprint density at radius 1 is 0.549 bits per heavy atom. The number of halogens is 2. The molecule has 0 aliphatic carbocycles. The van der Waals surface area contributed by atoms with Crippen LogP contribution in [0.2, 0.25) is 10.0 Å². The van der Waals surface area contributed by atoms with E-state index < -0.39 is 18.2 Å². The Hall–Kier alpha value is -6.52. The minimum atomic E-state index is -0.686. The number of benzene rings is 6. The fraction of sp³-hybridized carbons (Fsp3) is 0.309. The van der Waals surface area contributed by atoms with Crippen LogP contribution in [0.1, 0.15) is 42.5 Å². The number of aliphatic hydroxyl groups excluding tert-OH is 1. The first-order valence-corrected chi connectivity index (χ1v) is 24.0. The Balaban J connectivity index is 0.000000210. The SMILES string of the molecule is CN(C)CCN.COc1cccc([C@H]2[C@H](CCCCN(C)C)OC(=O)N2c2ccc(Oc3ccc(Cl)cc3)cc2)c1.COc1cccc([C@H]2[C@H](CO)OC(=O)N2c2ccc(Oc3ccc(Cl)cc3)cc2)c1. The van der Waals surface area contributed by atoms with Gasteiger partial charge in [-0.25, -0.2) is 9.59 Å². The van der Waals surface area contributed by atoms with E-state index in [1.54, 1.807) is 79.8 Å². The number of anilines is 2. The molecule has 0 aromatic heterocycles. The van der Waals surface area contributed by atoms with Crippen LogP contribution in [-0.2, 0) is 9.47 Å². The molecule has 0 unspecified atom stereocenters. The van der Waals surface area contributed by atoms with Crippen molar-refractivity contribution in [1.82, 2.24) is 9.80 Å². The zero-order valence-electron chi connectivity index (χ0n) is 41.0. The van der Waals surface area contributed by atoms with Crippen molar-refractivity contribution < 1.29 is 43.1 Å². The fourth-order valence-electron chi connectivity index (χ4n) is 7.98. The van der Waals surface area contributed by atoms with E-state index in [0.29, 0.717) is 44.5 Å². The molecule has 2 amide bonds. The zero-order chi connectivity index (χ0) is 50.9. The third-order valence-corrected chi connectivity index (χ3v) is 12.0. The number of carbonyl (C=O) groups is 2. The van der Waals surface area contributed by atoms with E-state index in [1.165, 1.54) is 4.90 Å². The van der Waals surface area contributed by atoms with E-state index >= 15 is 0 Å². The molecule has 2 heterocycles. The van der Waals surface area contributed by atoms with Crippen LogP contribution in [0.25, 0.3) is 0 Å². The minimum Gasteiger partial charge on any atom is -0.497 e. The van der Waals surface area contributed by atoms with Crippen LogP contribution in [0.4, 0.5) is 21.0 Å². The molecular weight excluding hydrogens is 946 g/mol. The summed E-state index contributed by atoms with van der Waals surface area (Å²) in [7, 11) is 11.4. The maximum absolute atomic E-state index is 13.1. The summed E-state index contributed by atoms with van der Waals surface area (Å²) >= 11 is 11.9. The van der Waals surface area contributed by atoms with Crippen molar-refractivity contribution in [2.45, 2.75) is 43.6 Å². The van der Waals surface area contributed by atoms with E-state index in [0.717, 1.165) is 61.5 Å². The Morgan fingerprint density at radius 3 is 1.31 bits per heavy atom. The van der Waals surface area contributed by atoms with Gasteiger partial charge in [-0.2, -0.15) is 0 Å². The Morgan fingerprint density at radius 2 is 0.944 bits per heavy atom. The molecule has 0 saturated carbocycles. The summed E-state index contributed by atoms with van der Waals surface area (Å²) < 4.78 is 33.8. The fourth-order valence-corrected chi connectivity index (χ4v) is 8.24. The van der Waals surface area contributed by atoms with Gasteiger partial charge in [0.25, 0.3) is 0 Å². The molecule has 2 aliphatic rings. The number of nitrogens with two attached hydrogens (primary N) is 1. The van der Waals surface area contributed by atoms with Gasteiger partial charge in [0.2, 0.25) is 0 Å². The standard InChI is InChI=1S/C28H31ClN2O4.C23H20ClNO5.C4H12N2/c1-30(2)18-5-4-9-26-27(20-7-6-8-25(19-20)33-3)31(28(32)35-26)22-12-16-24(17-13-22)34-23-14-10-21(29)11-15-23;1-28-20-4-2-3-15(13-20)22-21(14-26)30-23(27)25(22)17-7-11-19(12-8-17)29-18-9-5-16(24)6-10-18;1-6(2)4-3-5/h6-8,10-17,19,26-27H,4-5,9,18H2,1-3H3;2-13,21-22,26H,14H2,1H3;3-5H2,1-2H3/t26-,27-;21-,22-;/m00./s1. The van der Waals surface area contributed by atoms with Crippen molar-refractivity contribution in [3.8, 4) is 34.5 Å². The second-order valence-corrected chi connectivity index (χ2v) is 18.1. The van der Waals surface area contributed by atoms with Crippen molar-refractivity contribution in [3.63, 3.8) is 0 Å². The van der Waals surface area contributed by atoms with Gasteiger partial charge in [-0.1, -0.05) is 47.5 Å². The predicted octanol–water partition coefficient (Wildman–Crippen LogP) is 11.6. The second kappa shape index (κ2) is 26.6. The van der Waals surface area contributed by atoms with Crippen LogP contribution in [0, 0.1) is 0 Å². The summed E-state index contributed by atoms with van der Waals surface area (Å²) in [6, 6.07) is 43.3. The lowest BCUT2D eigenvalue weighted by Gasteiger charge is -2.26. The first-order chi connectivity index (χ1) is 34.3. The molecule has 2 saturated heterocycles. The molecular formula is C55H63Cl2N5O9. The average molecular weight is 1010 g/mol. The molecule has 6 aromatic carbocycles. The first-order valence-electron chi connectivity index (χ1n) is 23.3. The lowest BCUT2D eigenvalue weighted by atomic mass is 9.96. The van der Waals surface area contributed by atoms with Gasteiger partial charge in [0.1, 0.15) is 52.7 Å². The third kappa shape index (κ3) is 15.2. The maximum atomic E-state index is 13.1. The number of cyclic esters (lactones) is 2. The number of hydrogen-bond donors (Lipinski definition) is 2. The number of amides is 2. The first kappa shape index (κ1) is 53.8. The summed E-state index contributed by atoms with van der Waals surface area (Å²) in [4.78, 5) is 33.2. The lowest BCUT2D eigenvalue weighted by molar-refractivity contribution is 0.0829. The van der Waals surface area contributed by atoms with Crippen LogP contribution in [-0.4, -0.2) is 108 Å². The van der Waals surface area contributed by atoms with Crippen molar-refractivity contribution in [1.29, 1.82) is 0 Å². The van der Waals surface area contributed by atoms with Crippen molar-refractivity contribution in [2.75, 3.05) is 78.5 Å². The quantitative estimate of drug-likeness (QED) is 0.0789. The molecule has 8 rings (SSSR count). The molecule has 2 fully saturated rings. The van der Waals surface area contributed by atoms with Gasteiger partial charge in [-0.05, 0) is 186 Å². The topological polar surface area (TPSA) is 149 Å². The van der Waals surface area contributed by atoms with E-state index in [2.05, 4.69) is 23.9 Å². The molecule has 71 heavy (non-hydrogen) atoms. The molecule has 376 valence electrons. The number of carbonyl (C=O) groups excluding carboxylic acids is 2. The average Bonchev–Trinajstić information content (AvgIpc) is 3.90. The van der Waals surface area contributed by atoms with Crippen molar-refractivity contribution >= 4 is 46.8 Å². The number of nitrogens with zero attached hydrogens (tertiary/aromatic N) is 4. The normalized spacial score (nSPS) is 17.2. The maximum Gasteiger partial charge on any atom is 0.415 e. The largest absolute Gasteiger partial charge is 0.497 e. The van der Waals surface area contributed by atoms with E-state index in [9.17, 15) is 14.7 Å². The minimum absolute atomic E-state index is 0.248. The summed E-state index contributed by atoms with van der Waals surface area (Å²) in [5, 5.41) is 11.1. The highest BCUT2D eigenvalue weighted by Crippen LogP contribution is 2.42. The summed E-state index contributed by atoms with van der Waals surface area (Å²) in [5.74, 6) is 4.04.